The van der Waals surface area contributed by atoms with Crippen LogP contribution in [0.15, 0.2) is 24.3 Å². The highest BCUT2D eigenvalue weighted by molar-refractivity contribution is 5.99. The summed E-state index contributed by atoms with van der Waals surface area (Å²) in [4.78, 5) is 40.6. The number of piperidine rings is 1. The summed E-state index contributed by atoms with van der Waals surface area (Å²) in [7, 11) is 0. The summed E-state index contributed by atoms with van der Waals surface area (Å²) in [5, 5.41) is 0. The summed E-state index contributed by atoms with van der Waals surface area (Å²) in [5.41, 5.74) is 6.15. The van der Waals surface area contributed by atoms with Gasteiger partial charge in [-0.3, -0.25) is 14.4 Å². The second-order valence-electron chi connectivity index (χ2n) is 6.94. The first-order valence-corrected chi connectivity index (χ1v) is 9.01. The lowest BCUT2D eigenvalue weighted by atomic mass is 9.90. The molecular formula is C19H25N3O3. The number of hydrogen-bond acceptors (Lipinski definition) is 3. The number of primary amides is 1. The van der Waals surface area contributed by atoms with Crippen LogP contribution in [-0.4, -0.2) is 52.7 Å². The van der Waals surface area contributed by atoms with Gasteiger partial charge >= 0.3 is 0 Å². The molecule has 6 nitrogen and oxygen atoms in total. The Labute approximate surface area is 148 Å². The molecule has 1 aromatic carbocycles. The van der Waals surface area contributed by atoms with Gasteiger partial charge < -0.3 is 15.5 Å². The molecule has 2 fully saturated rings. The summed E-state index contributed by atoms with van der Waals surface area (Å²) in [6, 6.07) is 6.69. The lowest BCUT2D eigenvalue weighted by Crippen LogP contribution is -2.63. The highest BCUT2D eigenvalue weighted by Crippen LogP contribution is 2.30. The van der Waals surface area contributed by atoms with Crippen molar-refractivity contribution in [1.82, 2.24) is 9.80 Å². The normalized spacial score (nSPS) is 22.6. The molecule has 0 aromatic heterocycles. The molecule has 2 atom stereocenters. The Hall–Kier alpha value is -2.37. The zero-order valence-corrected chi connectivity index (χ0v) is 14.6. The molecule has 1 aromatic rings. The van der Waals surface area contributed by atoms with E-state index in [0.717, 1.165) is 25.7 Å². The van der Waals surface area contributed by atoms with Gasteiger partial charge in [0, 0.05) is 42.7 Å². The molecule has 25 heavy (non-hydrogen) atoms. The van der Waals surface area contributed by atoms with E-state index in [0.29, 0.717) is 30.6 Å². The fourth-order valence-electron chi connectivity index (χ4n) is 3.97. The van der Waals surface area contributed by atoms with E-state index >= 15 is 0 Å². The number of nitrogens with zero attached hydrogens (tertiary/aromatic N) is 2. The number of benzene rings is 1. The molecule has 2 bridgehead atoms. The standard InChI is InChI=1S/C19H25N3O3/c1-2-5-17(23)21-11-15-8-4-9-16(12-21)22(15)19(25)14-7-3-6-13(10-14)18(20)24/h3,6-7,10,15-16H,2,4-5,8-9,11-12H2,1H3,(H2,20,24). The van der Waals surface area contributed by atoms with Crippen molar-refractivity contribution in [3.05, 3.63) is 35.4 Å². The van der Waals surface area contributed by atoms with Crippen LogP contribution in [0.4, 0.5) is 0 Å². The molecule has 2 heterocycles. The summed E-state index contributed by atoms with van der Waals surface area (Å²) < 4.78 is 0. The third-order valence-electron chi connectivity index (χ3n) is 5.17. The van der Waals surface area contributed by atoms with Gasteiger partial charge in [0.25, 0.3) is 5.91 Å². The Morgan fingerprint density at radius 3 is 2.36 bits per heavy atom. The van der Waals surface area contributed by atoms with Gasteiger partial charge in [-0.1, -0.05) is 13.0 Å². The zero-order valence-electron chi connectivity index (χ0n) is 14.6. The molecule has 2 saturated heterocycles. The molecule has 0 saturated carbocycles. The molecule has 0 aliphatic carbocycles. The van der Waals surface area contributed by atoms with Crippen molar-refractivity contribution >= 4 is 17.7 Å². The number of hydrogen-bond donors (Lipinski definition) is 1. The number of piperazine rings is 1. The van der Waals surface area contributed by atoms with Gasteiger partial charge in [0.15, 0.2) is 0 Å². The first-order chi connectivity index (χ1) is 12.0. The molecule has 0 spiro atoms. The number of fused-ring (bicyclic) bond motifs is 2. The second kappa shape index (κ2) is 7.25. The fourth-order valence-corrected chi connectivity index (χ4v) is 3.97. The number of carbonyl (C=O) groups is 3. The second-order valence-corrected chi connectivity index (χ2v) is 6.94. The van der Waals surface area contributed by atoms with Gasteiger partial charge in [0.2, 0.25) is 11.8 Å². The third-order valence-corrected chi connectivity index (χ3v) is 5.17. The van der Waals surface area contributed by atoms with Crippen LogP contribution in [-0.2, 0) is 4.79 Å². The van der Waals surface area contributed by atoms with Crippen LogP contribution >= 0.6 is 0 Å². The Balaban J connectivity index is 1.80. The molecule has 3 rings (SSSR count). The molecule has 0 radical (unpaired) electrons. The summed E-state index contributed by atoms with van der Waals surface area (Å²) in [6.45, 7) is 3.22. The quantitative estimate of drug-likeness (QED) is 0.904. The number of likely N-dealkylation sites (tertiary alicyclic amines) is 1. The minimum atomic E-state index is -0.537. The number of rotatable bonds is 4. The van der Waals surface area contributed by atoms with Crippen LogP contribution in [0, 0.1) is 0 Å². The molecule has 2 aliphatic heterocycles. The van der Waals surface area contributed by atoms with E-state index in [-0.39, 0.29) is 23.9 Å². The molecule has 2 aliphatic rings. The van der Waals surface area contributed by atoms with Gasteiger partial charge in [0.05, 0.1) is 0 Å². The van der Waals surface area contributed by atoms with Crippen molar-refractivity contribution in [3.63, 3.8) is 0 Å². The van der Waals surface area contributed by atoms with Crippen LogP contribution in [0.2, 0.25) is 0 Å². The average molecular weight is 343 g/mol. The summed E-state index contributed by atoms with van der Waals surface area (Å²) in [5.74, 6) is -0.424. The van der Waals surface area contributed by atoms with Crippen LogP contribution in [0.1, 0.15) is 59.7 Å². The summed E-state index contributed by atoms with van der Waals surface area (Å²) in [6.07, 6.45) is 4.30. The number of nitrogens with two attached hydrogens (primary N) is 1. The molecule has 2 unspecified atom stereocenters. The maximum atomic E-state index is 13.1. The van der Waals surface area contributed by atoms with Crippen LogP contribution in [0.25, 0.3) is 0 Å². The molecule has 134 valence electrons. The van der Waals surface area contributed by atoms with E-state index < -0.39 is 5.91 Å². The number of amides is 3. The van der Waals surface area contributed by atoms with Gasteiger partial charge in [-0.15, -0.1) is 0 Å². The molecule has 6 heteroatoms. The predicted octanol–water partition coefficient (Wildman–Crippen LogP) is 1.79. The van der Waals surface area contributed by atoms with Gasteiger partial charge in [0.1, 0.15) is 0 Å². The Morgan fingerprint density at radius 2 is 1.76 bits per heavy atom. The SMILES string of the molecule is CCCC(=O)N1CC2CCCC(C1)N2C(=O)c1cccc(C(N)=O)c1. The molecular weight excluding hydrogens is 318 g/mol. The lowest BCUT2D eigenvalue weighted by molar-refractivity contribution is -0.136. The van der Waals surface area contributed by atoms with E-state index in [1.165, 1.54) is 0 Å². The zero-order chi connectivity index (χ0) is 18.0. The molecule has 2 N–H and O–H groups in total. The minimum Gasteiger partial charge on any atom is -0.366 e. The first-order valence-electron chi connectivity index (χ1n) is 9.01. The maximum absolute atomic E-state index is 13.1. The Morgan fingerprint density at radius 1 is 1.12 bits per heavy atom. The average Bonchev–Trinajstić information content (AvgIpc) is 2.60. The maximum Gasteiger partial charge on any atom is 0.254 e. The minimum absolute atomic E-state index is 0.0537. The lowest BCUT2D eigenvalue weighted by Gasteiger charge is -2.50. The van der Waals surface area contributed by atoms with Gasteiger partial charge in [-0.25, -0.2) is 0 Å². The smallest absolute Gasteiger partial charge is 0.254 e. The van der Waals surface area contributed by atoms with E-state index in [4.69, 9.17) is 5.73 Å². The topological polar surface area (TPSA) is 83.7 Å². The Bertz CT molecular complexity index is 674. The van der Waals surface area contributed by atoms with Crippen molar-refractivity contribution < 1.29 is 14.4 Å². The Kier molecular flexibility index (Phi) is 5.06. The van der Waals surface area contributed by atoms with Crippen LogP contribution < -0.4 is 5.73 Å². The van der Waals surface area contributed by atoms with Crippen LogP contribution in [0.3, 0.4) is 0 Å². The van der Waals surface area contributed by atoms with Crippen molar-refractivity contribution in [2.75, 3.05) is 13.1 Å². The van der Waals surface area contributed by atoms with Gasteiger partial charge in [-0.05, 0) is 43.9 Å². The predicted molar refractivity (Wildman–Crippen MR) is 94.0 cm³/mol. The number of carbonyl (C=O) groups excluding carboxylic acids is 3. The third kappa shape index (κ3) is 3.52. The first kappa shape index (κ1) is 17.5. The highest BCUT2D eigenvalue weighted by atomic mass is 16.2. The van der Waals surface area contributed by atoms with Crippen LogP contribution in [0.5, 0.6) is 0 Å². The van der Waals surface area contributed by atoms with E-state index in [2.05, 4.69) is 0 Å². The van der Waals surface area contributed by atoms with E-state index in [1.54, 1.807) is 24.3 Å². The van der Waals surface area contributed by atoms with Gasteiger partial charge in [-0.2, -0.15) is 0 Å². The monoisotopic (exact) mass is 343 g/mol. The van der Waals surface area contributed by atoms with E-state index in [1.807, 2.05) is 16.7 Å². The van der Waals surface area contributed by atoms with Crippen molar-refractivity contribution in [3.8, 4) is 0 Å². The molecule has 3 amide bonds. The van der Waals surface area contributed by atoms with E-state index in [9.17, 15) is 14.4 Å². The fraction of sp³-hybridized carbons (Fsp3) is 0.526. The summed E-state index contributed by atoms with van der Waals surface area (Å²) >= 11 is 0. The highest BCUT2D eigenvalue weighted by Gasteiger charge is 2.41. The van der Waals surface area contributed by atoms with Crippen molar-refractivity contribution in [1.29, 1.82) is 0 Å². The van der Waals surface area contributed by atoms with Crippen molar-refractivity contribution in [2.24, 2.45) is 5.73 Å². The van der Waals surface area contributed by atoms with Crippen molar-refractivity contribution in [2.45, 2.75) is 51.1 Å². The largest absolute Gasteiger partial charge is 0.366 e.